The first-order valence-electron chi connectivity index (χ1n) is 6.02. The maximum atomic E-state index is 13.2. The molecule has 5 heteroatoms. The zero-order valence-corrected chi connectivity index (χ0v) is 11.5. The number of rotatable bonds is 3. The molecule has 0 spiro atoms. The van der Waals surface area contributed by atoms with E-state index in [1.807, 2.05) is 32.6 Å². The molecule has 0 amide bonds. The van der Waals surface area contributed by atoms with Gasteiger partial charge in [-0.05, 0) is 30.6 Å². The molecule has 1 unspecified atom stereocenters. The van der Waals surface area contributed by atoms with Crippen molar-refractivity contribution < 1.29 is 4.39 Å². The van der Waals surface area contributed by atoms with Crippen LogP contribution in [0.5, 0.6) is 0 Å². The van der Waals surface area contributed by atoms with Gasteiger partial charge >= 0.3 is 0 Å². The summed E-state index contributed by atoms with van der Waals surface area (Å²) < 4.78 is 16.0. The van der Waals surface area contributed by atoms with Gasteiger partial charge in [0.15, 0.2) is 0 Å². The molecule has 0 fully saturated rings. The molecule has 0 bridgehead atoms. The summed E-state index contributed by atoms with van der Waals surface area (Å²) in [6.07, 6.45) is 3.85. The van der Waals surface area contributed by atoms with Gasteiger partial charge in [-0.25, -0.2) is 4.39 Å². The summed E-state index contributed by atoms with van der Waals surface area (Å²) >= 11 is 1.61. The standard InChI is InChI=1S/C14H14FN3S/c1-16-14(10-7-17-18(2)8-10)13-5-9-3-4-11(15)6-12(9)19-13/h3-8,14,16H,1-2H3. The molecule has 0 radical (unpaired) electrons. The number of benzene rings is 1. The summed E-state index contributed by atoms with van der Waals surface area (Å²) in [4.78, 5) is 1.16. The second-order valence-corrected chi connectivity index (χ2v) is 5.62. The highest BCUT2D eigenvalue weighted by Crippen LogP contribution is 2.33. The van der Waals surface area contributed by atoms with Crippen LogP contribution in [0.15, 0.2) is 36.7 Å². The molecule has 1 N–H and O–H groups in total. The fourth-order valence-electron chi connectivity index (χ4n) is 2.23. The molecule has 0 aliphatic rings. The zero-order valence-electron chi connectivity index (χ0n) is 10.7. The maximum absolute atomic E-state index is 13.2. The van der Waals surface area contributed by atoms with E-state index in [0.29, 0.717) is 0 Å². The number of aryl methyl sites for hydroxylation is 1. The van der Waals surface area contributed by atoms with Crippen molar-refractivity contribution in [1.29, 1.82) is 0 Å². The lowest BCUT2D eigenvalue weighted by atomic mass is 10.1. The lowest BCUT2D eigenvalue weighted by Crippen LogP contribution is -2.15. The van der Waals surface area contributed by atoms with E-state index in [2.05, 4.69) is 16.5 Å². The Hall–Kier alpha value is -1.72. The van der Waals surface area contributed by atoms with Gasteiger partial charge in [-0.1, -0.05) is 6.07 Å². The summed E-state index contributed by atoms with van der Waals surface area (Å²) in [5.74, 6) is -0.191. The second kappa shape index (κ2) is 4.75. The highest BCUT2D eigenvalue weighted by Gasteiger charge is 2.16. The molecule has 0 aliphatic carbocycles. The third-order valence-electron chi connectivity index (χ3n) is 3.13. The van der Waals surface area contributed by atoms with E-state index >= 15 is 0 Å². The average Bonchev–Trinajstić information content (AvgIpc) is 2.96. The Morgan fingerprint density at radius 2 is 2.21 bits per heavy atom. The molecule has 1 atom stereocenters. The molecule has 19 heavy (non-hydrogen) atoms. The van der Waals surface area contributed by atoms with E-state index in [0.717, 1.165) is 20.5 Å². The number of aromatic nitrogens is 2. The van der Waals surface area contributed by atoms with Crippen LogP contribution >= 0.6 is 11.3 Å². The van der Waals surface area contributed by atoms with Crippen molar-refractivity contribution in [2.45, 2.75) is 6.04 Å². The van der Waals surface area contributed by atoms with Crippen LogP contribution in [0.1, 0.15) is 16.5 Å². The van der Waals surface area contributed by atoms with Crippen molar-refractivity contribution in [3.8, 4) is 0 Å². The molecule has 0 saturated carbocycles. The largest absolute Gasteiger partial charge is 0.309 e. The topological polar surface area (TPSA) is 29.9 Å². The van der Waals surface area contributed by atoms with Crippen LogP contribution in [0, 0.1) is 5.82 Å². The monoisotopic (exact) mass is 275 g/mol. The zero-order chi connectivity index (χ0) is 13.4. The number of fused-ring (bicyclic) bond motifs is 1. The van der Waals surface area contributed by atoms with Crippen molar-refractivity contribution >= 4 is 21.4 Å². The summed E-state index contributed by atoms with van der Waals surface area (Å²) in [7, 11) is 3.82. The van der Waals surface area contributed by atoms with Crippen molar-refractivity contribution in [3.05, 3.63) is 52.9 Å². The van der Waals surface area contributed by atoms with Gasteiger partial charge in [0, 0.05) is 28.4 Å². The van der Waals surface area contributed by atoms with E-state index in [1.165, 1.54) is 6.07 Å². The molecule has 3 aromatic rings. The van der Waals surface area contributed by atoms with Gasteiger partial charge in [-0.3, -0.25) is 4.68 Å². The first-order chi connectivity index (χ1) is 9.17. The van der Waals surface area contributed by atoms with Gasteiger partial charge in [0.1, 0.15) is 5.82 Å². The van der Waals surface area contributed by atoms with Crippen LogP contribution in [0.4, 0.5) is 4.39 Å². The fraction of sp³-hybridized carbons (Fsp3) is 0.214. The number of nitrogens with zero attached hydrogens (tertiary/aromatic N) is 2. The van der Waals surface area contributed by atoms with Crippen LogP contribution in [-0.4, -0.2) is 16.8 Å². The van der Waals surface area contributed by atoms with Gasteiger partial charge in [-0.15, -0.1) is 11.3 Å². The molecule has 0 saturated heterocycles. The van der Waals surface area contributed by atoms with Crippen molar-refractivity contribution in [1.82, 2.24) is 15.1 Å². The minimum atomic E-state index is -0.191. The summed E-state index contributed by atoms with van der Waals surface area (Å²) in [6.45, 7) is 0. The van der Waals surface area contributed by atoms with Crippen LogP contribution in [0.2, 0.25) is 0 Å². The average molecular weight is 275 g/mol. The number of nitrogens with one attached hydrogen (secondary N) is 1. The summed E-state index contributed by atoms with van der Waals surface area (Å²) in [5, 5.41) is 8.56. The van der Waals surface area contributed by atoms with Crippen LogP contribution in [0.25, 0.3) is 10.1 Å². The van der Waals surface area contributed by atoms with E-state index in [9.17, 15) is 4.39 Å². The Labute approximate surface area is 114 Å². The molecule has 3 rings (SSSR count). The van der Waals surface area contributed by atoms with Gasteiger partial charge in [0.25, 0.3) is 0 Å². The minimum Gasteiger partial charge on any atom is -0.309 e. The van der Waals surface area contributed by atoms with Gasteiger partial charge in [0.2, 0.25) is 0 Å². The van der Waals surface area contributed by atoms with Gasteiger partial charge in [-0.2, -0.15) is 5.10 Å². The van der Waals surface area contributed by atoms with Crippen LogP contribution in [0.3, 0.4) is 0 Å². The van der Waals surface area contributed by atoms with Gasteiger partial charge in [0.05, 0.1) is 12.2 Å². The minimum absolute atomic E-state index is 0.0918. The molecule has 2 aromatic heterocycles. The first-order valence-corrected chi connectivity index (χ1v) is 6.84. The Morgan fingerprint density at radius 1 is 1.37 bits per heavy atom. The Balaban J connectivity index is 2.06. The first kappa shape index (κ1) is 12.3. The molecule has 3 nitrogen and oxygen atoms in total. The Kier molecular flexibility index (Phi) is 3.08. The second-order valence-electron chi connectivity index (χ2n) is 4.50. The van der Waals surface area contributed by atoms with Crippen LogP contribution < -0.4 is 5.32 Å². The van der Waals surface area contributed by atoms with Crippen LogP contribution in [-0.2, 0) is 7.05 Å². The predicted octanol–water partition coefficient (Wildman–Crippen LogP) is 3.08. The molecule has 98 valence electrons. The summed E-state index contributed by atoms with van der Waals surface area (Å²) in [5.41, 5.74) is 1.11. The van der Waals surface area contributed by atoms with E-state index < -0.39 is 0 Å². The number of halogens is 1. The van der Waals surface area contributed by atoms with E-state index in [4.69, 9.17) is 0 Å². The fourth-order valence-corrected chi connectivity index (χ4v) is 3.46. The molecule has 2 heterocycles. The quantitative estimate of drug-likeness (QED) is 0.796. The molecular weight excluding hydrogens is 261 g/mol. The SMILES string of the molecule is CNC(c1cnn(C)c1)c1cc2ccc(F)cc2s1. The van der Waals surface area contributed by atoms with E-state index in [-0.39, 0.29) is 11.9 Å². The third kappa shape index (κ3) is 2.27. The third-order valence-corrected chi connectivity index (χ3v) is 4.30. The van der Waals surface area contributed by atoms with E-state index in [1.54, 1.807) is 22.1 Å². The Bertz CT molecular complexity index is 716. The van der Waals surface area contributed by atoms with Gasteiger partial charge < -0.3 is 5.32 Å². The lowest BCUT2D eigenvalue weighted by Gasteiger charge is -2.11. The molecule has 0 aliphatic heterocycles. The normalized spacial score (nSPS) is 13.0. The number of hydrogen-bond donors (Lipinski definition) is 1. The molecule has 1 aromatic carbocycles. The Morgan fingerprint density at radius 3 is 2.89 bits per heavy atom. The van der Waals surface area contributed by atoms with Crippen molar-refractivity contribution in [3.63, 3.8) is 0 Å². The highest BCUT2D eigenvalue weighted by atomic mass is 32.1. The van der Waals surface area contributed by atoms with Crippen molar-refractivity contribution in [2.75, 3.05) is 7.05 Å². The number of hydrogen-bond acceptors (Lipinski definition) is 3. The predicted molar refractivity (Wildman–Crippen MR) is 75.9 cm³/mol. The van der Waals surface area contributed by atoms with Crippen molar-refractivity contribution in [2.24, 2.45) is 7.05 Å². The number of thiophene rings is 1. The summed E-state index contributed by atoms with van der Waals surface area (Å²) in [6, 6.07) is 7.10. The smallest absolute Gasteiger partial charge is 0.124 e. The highest BCUT2D eigenvalue weighted by molar-refractivity contribution is 7.19. The molecular formula is C14H14FN3S. The maximum Gasteiger partial charge on any atom is 0.124 e. The lowest BCUT2D eigenvalue weighted by molar-refractivity contribution is 0.630.